The van der Waals surface area contributed by atoms with Crippen molar-refractivity contribution in [3.05, 3.63) is 98.2 Å². The van der Waals surface area contributed by atoms with Crippen molar-refractivity contribution < 1.29 is 4.79 Å². The lowest BCUT2D eigenvalue weighted by Crippen LogP contribution is -2.34. The number of nitrogens with one attached hydrogen (secondary N) is 2. The van der Waals surface area contributed by atoms with Gasteiger partial charge in [0.25, 0.3) is 11.5 Å². The average molecular weight is 375 g/mol. The Morgan fingerprint density at radius 2 is 1.71 bits per heavy atom. The molecule has 0 fully saturated rings. The number of carbonyl (C=O) groups is 1. The van der Waals surface area contributed by atoms with E-state index in [9.17, 15) is 9.59 Å². The molecule has 0 aliphatic rings. The number of carbonyl (C=O) groups excluding carboxylic acids is 1. The molecule has 1 aromatic carbocycles. The third-order valence-electron chi connectivity index (χ3n) is 5.12. The Kier molecular flexibility index (Phi) is 5.73. The van der Waals surface area contributed by atoms with Crippen molar-refractivity contribution in [2.45, 2.75) is 40.2 Å². The molecular formula is C23H25N3O2. The SMILES string of the molecule is CCc1[nH]c(=O)c(C(=O)NC(c2ccncc2)c2ccc(C)c(C)c2)cc1C. The van der Waals surface area contributed by atoms with Crippen LogP contribution in [0.2, 0.25) is 0 Å². The third kappa shape index (κ3) is 4.03. The molecule has 0 aliphatic carbocycles. The molecule has 0 radical (unpaired) electrons. The molecule has 144 valence electrons. The molecule has 2 N–H and O–H groups in total. The molecule has 1 atom stereocenters. The van der Waals surface area contributed by atoms with Crippen LogP contribution >= 0.6 is 0 Å². The number of pyridine rings is 2. The molecule has 2 aromatic heterocycles. The normalized spacial score (nSPS) is 11.9. The van der Waals surface area contributed by atoms with Gasteiger partial charge in [-0.2, -0.15) is 0 Å². The molecular weight excluding hydrogens is 350 g/mol. The molecule has 0 aliphatic heterocycles. The second-order valence-electron chi connectivity index (χ2n) is 7.06. The zero-order valence-electron chi connectivity index (χ0n) is 16.7. The topological polar surface area (TPSA) is 74.8 Å². The van der Waals surface area contributed by atoms with Gasteiger partial charge in [-0.3, -0.25) is 14.6 Å². The van der Waals surface area contributed by atoms with Crippen molar-refractivity contribution in [2.75, 3.05) is 0 Å². The number of rotatable bonds is 5. The van der Waals surface area contributed by atoms with Crippen LogP contribution < -0.4 is 10.9 Å². The zero-order chi connectivity index (χ0) is 20.3. The molecule has 28 heavy (non-hydrogen) atoms. The largest absolute Gasteiger partial charge is 0.341 e. The second-order valence-corrected chi connectivity index (χ2v) is 7.06. The summed E-state index contributed by atoms with van der Waals surface area (Å²) >= 11 is 0. The number of aryl methyl sites for hydroxylation is 4. The summed E-state index contributed by atoms with van der Waals surface area (Å²) in [6.45, 7) is 7.96. The van der Waals surface area contributed by atoms with Crippen molar-refractivity contribution in [1.29, 1.82) is 0 Å². The van der Waals surface area contributed by atoms with E-state index in [2.05, 4.69) is 28.3 Å². The van der Waals surface area contributed by atoms with Crippen LogP contribution in [0, 0.1) is 20.8 Å². The minimum absolute atomic E-state index is 0.123. The lowest BCUT2D eigenvalue weighted by molar-refractivity contribution is 0.0941. The number of benzene rings is 1. The number of H-pyrrole nitrogens is 1. The molecule has 0 saturated carbocycles. The highest BCUT2D eigenvalue weighted by Crippen LogP contribution is 2.24. The summed E-state index contributed by atoms with van der Waals surface area (Å²) in [6.07, 6.45) is 4.11. The number of hydrogen-bond donors (Lipinski definition) is 2. The minimum atomic E-state index is -0.396. The van der Waals surface area contributed by atoms with Crippen molar-refractivity contribution in [2.24, 2.45) is 0 Å². The van der Waals surface area contributed by atoms with Gasteiger partial charge in [0.2, 0.25) is 0 Å². The average Bonchev–Trinajstić information content (AvgIpc) is 2.70. The van der Waals surface area contributed by atoms with Gasteiger partial charge in [-0.15, -0.1) is 0 Å². The summed E-state index contributed by atoms with van der Waals surface area (Å²) in [7, 11) is 0. The maximum Gasteiger partial charge on any atom is 0.261 e. The molecule has 1 unspecified atom stereocenters. The molecule has 0 bridgehead atoms. The van der Waals surface area contributed by atoms with Crippen LogP contribution in [-0.4, -0.2) is 15.9 Å². The van der Waals surface area contributed by atoms with Crippen LogP contribution in [0.25, 0.3) is 0 Å². The monoisotopic (exact) mass is 375 g/mol. The van der Waals surface area contributed by atoms with E-state index < -0.39 is 5.91 Å². The van der Waals surface area contributed by atoms with E-state index in [0.717, 1.165) is 27.9 Å². The first-order valence-corrected chi connectivity index (χ1v) is 9.41. The summed E-state index contributed by atoms with van der Waals surface area (Å²) < 4.78 is 0. The Morgan fingerprint density at radius 3 is 2.36 bits per heavy atom. The van der Waals surface area contributed by atoms with Crippen LogP contribution in [-0.2, 0) is 6.42 Å². The van der Waals surface area contributed by atoms with E-state index in [0.29, 0.717) is 6.42 Å². The Labute approximate surface area is 164 Å². The Balaban J connectivity index is 2.00. The quantitative estimate of drug-likeness (QED) is 0.713. The number of aromatic nitrogens is 2. The first-order valence-electron chi connectivity index (χ1n) is 9.41. The van der Waals surface area contributed by atoms with Gasteiger partial charge in [-0.25, -0.2) is 0 Å². The van der Waals surface area contributed by atoms with Gasteiger partial charge in [0.1, 0.15) is 5.56 Å². The van der Waals surface area contributed by atoms with E-state index >= 15 is 0 Å². The fourth-order valence-corrected chi connectivity index (χ4v) is 3.28. The second kappa shape index (κ2) is 8.21. The van der Waals surface area contributed by atoms with Crippen LogP contribution in [0.4, 0.5) is 0 Å². The Bertz CT molecular complexity index is 1060. The number of hydrogen-bond acceptors (Lipinski definition) is 3. The van der Waals surface area contributed by atoms with E-state index in [4.69, 9.17) is 0 Å². The van der Waals surface area contributed by atoms with Crippen molar-refractivity contribution >= 4 is 5.91 Å². The van der Waals surface area contributed by atoms with E-state index in [1.165, 1.54) is 5.56 Å². The van der Waals surface area contributed by atoms with Gasteiger partial charge in [0.05, 0.1) is 6.04 Å². The number of aromatic amines is 1. The summed E-state index contributed by atoms with van der Waals surface area (Å²) in [4.78, 5) is 32.3. The van der Waals surface area contributed by atoms with Crippen molar-refractivity contribution in [1.82, 2.24) is 15.3 Å². The zero-order valence-corrected chi connectivity index (χ0v) is 16.7. The summed E-state index contributed by atoms with van der Waals surface area (Å²) in [5.74, 6) is -0.396. The lowest BCUT2D eigenvalue weighted by Gasteiger charge is -2.21. The van der Waals surface area contributed by atoms with Gasteiger partial charge in [0.15, 0.2) is 0 Å². The lowest BCUT2D eigenvalue weighted by atomic mass is 9.96. The van der Waals surface area contributed by atoms with Crippen LogP contribution in [0.3, 0.4) is 0 Å². The smallest absolute Gasteiger partial charge is 0.261 e. The molecule has 2 heterocycles. The van der Waals surface area contributed by atoms with Gasteiger partial charge in [-0.05, 0) is 73.2 Å². The predicted molar refractivity (Wildman–Crippen MR) is 111 cm³/mol. The Hall–Kier alpha value is -3.21. The molecule has 5 nitrogen and oxygen atoms in total. The van der Waals surface area contributed by atoms with E-state index in [-0.39, 0.29) is 17.2 Å². The molecule has 1 amide bonds. The van der Waals surface area contributed by atoms with E-state index in [1.807, 2.05) is 45.0 Å². The molecule has 0 spiro atoms. The fraction of sp³-hybridized carbons (Fsp3) is 0.261. The van der Waals surface area contributed by atoms with Gasteiger partial charge >= 0.3 is 0 Å². The van der Waals surface area contributed by atoms with Crippen molar-refractivity contribution in [3.63, 3.8) is 0 Å². The highest BCUT2D eigenvalue weighted by molar-refractivity contribution is 5.94. The highest BCUT2D eigenvalue weighted by atomic mass is 16.2. The van der Waals surface area contributed by atoms with Gasteiger partial charge in [-0.1, -0.05) is 25.1 Å². The first-order chi connectivity index (χ1) is 13.4. The molecule has 5 heteroatoms. The maximum absolute atomic E-state index is 13.0. The summed E-state index contributed by atoms with van der Waals surface area (Å²) in [5.41, 5.74) is 5.70. The minimum Gasteiger partial charge on any atom is -0.341 e. The van der Waals surface area contributed by atoms with E-state index in [1.54, 1.807) is 18.5 Å². The summed E-state index contributed by atoms with van der Waals surface area (Å²) in [5, 5.41) is 3.03. The predicted octanol–water partition coefficient (Wildman–Crippen LogP) is 3.78. The van der Waals surface area contributed by atoms with Crippen LogP contribution in [0.1, 0.15) is 56.8 Å². The Morgan fingerprint density at radius 1 is 1.00 bits per heavy atom. The molecule has 3 aromatic rings. The fourth-order valence-electron chi connectivity index (χ4n) is 3.28. The highest BCUT2D eigenvalue weighted by Gasteiger charge is 2.20. The van der Waals surface area contributed by atoms with Crippen molar-refractivity contribution in [3.8, 4) is 0 Å². The summed E-state index contributed by atoms with van der Waals surface area (Å²) in [6, 6.07) is 11.1. The first kappa shape index (κ1) is 19.5. The number of amides is 1. The van der Waals surface area contributed by atoms with Crippen LogP contribution in [0.5, 0.6) is 0 Å². The third-order valence-corrected chi connectivity index (χ3v) is 5.12. The van der Waals surface area contributed by atoms with Gasteiger partial charge < -0.3 is 10.3 Å². The number of nitrogens with zero attached hydrogens (tertiary/aromatic N) is 1. The van der Waals surface area contributed by atoms with Gasteiger partial charge in [0, 0.05) is 18.1 Å². The standard InChI is InChI=1S/C23H25N3O2/c1-5-20-16(4)13-19(22(27)25-20)23(28)26-21(17-8-10-24-11-9-17)18-7-6-14(2)15(3)12-18/h6-13,21H,5H2,1-4H3,(H,25,27)(H,26,28). The molecule has 0 saturated heterocycles. The maximum atomic E-state index is 13.0. The van der Waals surface area contributed by atoms with Crippen LogP contribution in [0.15, 0.2) is 53.6 Å². The molecule has 3 rings (SSSR count).